The maximum absolute atomic E-state index is 5.43. The highest BCUT2D eigenvalue weighted by molar-refractivity contribution is 5.03. The van der Waals surface area contributed by atoms with Crippen molar-refractivity contribution in [1.82, 2.24) is 10.3 Å². The number of hydrogen-bond donors (Lipinski definition) is 1. The minimum Gasteiger partial charge on any atom is -0.385 e. The predicted molar refractivity (Wildman–Crippen MR) is 68.1 cm³/mol. The van der Waals surface area contributed by atoms with Crippen LogP contribution in [0.5, 0.6) is 0 Å². The van der Waals surface area contributed by atoms with Crippen molar-refractivity contribution in [2.75, 3.05) is 40.0 Å². The molecule has 0 amide bonds. The van der Waals surface area contributed by atoms with Crippen molar-refractivity contribution in [3.63, 3.8) is 0 Å². The normalized spacial score (nSPS) is 10.6. The van der Waals surface area contributed by atoms with Crippen molar-refractivity contribution in [3.8, 4) is 0 Å². The van der Waals surface area contributed by atoms with Gasteiger partial charge in [-0.15, -0.1) is 0 Å². The molecule has 1 aromatic rings. The SMILES string of the molecule is COCCCOCCNCCc1ccccn1. The number of rotatable bonds is 10. The standard InChI is InChI=1S/C13H22N2O2/c1-16-10-4-11-17-12-9-14-8-6-13-5-2-3-7-15-13/h2-3,5,7,14H,4,6,8-12H2,1H3. The Morgan fingerprint density at radius 2 is 2.12 bits per heavy atom. The van der Waals surface area contributed by atoms with Crippen molar-refractivity contribution >= 4 is 0 Å². The van der Waals surface area contributed by atoms with Crippen LogP contribution in [-0.4, -0.2) is 45.0 Å². The van der Waals surface area contributed by atoms with Crippen LogP contribution in [0.1, 0.15) is 12.1 Å². The fourth-order valence-corrected chi connectivity index (χ4v) is 1.44. The molecular formula is C13H22N2O2. The van der Waals surface area contributed by atoms with Gasteiger partial charge in [-0.05, 0) is 18.6 Å². The zero-order valence-corrected chi connectivity index (χ0v) is 10.5. The Kier molecular flexibility index (Phi) is 8.46. The predicted octanol–water partition coefficient (Wildman–Crippen LogP) is 1.27. The lowest BCUT2D eigenvalue weighted by molar-refractivity contribution is 0.104. The first kappa shape index (κ1) is 14.1. The molecule has 0 saturated carbocycles. The molecule has 0 spiro atoms. The number of hydrogen-bond acceptors (Lipinski definition) is 4. The number of ether oxygens (including phenoxy) is 2. The minimum atomic E-state index is 0.756. The van der Waals surface area contributed by atoms with Gasteiger partial charge in [-0.25, -0.2) is 0 Å². The first-order chi connectivity index (χ1) is 8.43. The second-order valence-corrected chi connectivity index (χ2v) is 3.78. The smallest absolute Gasteiger partial charge is 0.0590 e. The molecule has 1 N–H and O–H groups in total. The van der Waals surface area contributed by atoms with Crippen LogP contribution < -0.4 is 5.32 Å². The molecule has 0 aliphatic carbocycles. The lowest BCUT2D eigenvalue weighted by Gasteiger charge is -2.05. The van der Waals surface area contributed by atoms with Crippen LogP contribution in [0.2, 0.25) is 0 Å². The van der Waals surface area contributed by atoms with E-state index in [-0.39, 0.29) is 0 Å². The first-order valence-electron chi connectivity index (χ1n) is 6.11. The zero-order valence-electron chi connectivity index (χ0n) is 10.5. The van der Waals surface area contributed by atoms with Gasteiger partial charge < -0.3 is 14.8 Å². The van der Waals surface area contributed by atoms with E-state index in [1.807, 2.05) is 24.4 Å². The number of pyridine rings is 1. The Balaban J connectivity index is 1.85. The van der Waals surface area contributed by atoms with E-state index in [4.69, 9.17) is 9.47 Å². The first-order valence-corrected chi connectivity index (χ1v) is 6.11. The molecule has 0 aromatic carbocycles. The van der Waals surface area contributed by atoms with Crippen LogP contribution in [0.3, 0.4) is 0 Å². The zero-order chi connectivity index (χ0) is 12.2. The van der Waals surface area contributed by atoms with E-state index in [0.717, 1.165) is 51.4 Å². The molecule has 0 unspecified atom stereocenters. The van der Waals surface area contributed by atoms with E-state index >= 15 is 0 Å². The summed E-state index contributed by atoms with van der Waals surface area (Å²) in [5, 5.41) is 3.33. The van der Waals surface area contributed by atoms with E-state index in [2.05, 4.69) is 10.3 Å². The third kappa shape index (κ3) is 7.85. The molecule has 0 aliphatic rings. The van der Waals surface area contributed by atoms with Crippen molar-refractivity contribution in [3.05, 3.63) is 30.1 Å². The highest BCUT2D eigenvalue weighted by Gasteiger charge is 1.93. The molecular weight excluding hydrogens is 216 g/mol. The molecule has 4 nitrogen and oxygen atoms in total. The van der Waals surface area contributed by atoms with E-state index in [1.165, 1.54) is 0 Å². The third-order valence-corrected chi connectivity index (χ3v) is 2.34. The molecule has 1 aromatic heterocycles. The molecule has 1 heterocycles. The largest absolute Gasteiger partial charge is 0.385 e. The van der Waals surface area contributed by atoms with E-state index < -0.39 is 0 Å². The van der Waals surface area contributed by atoms with E-state index in [9.17, 15) is 0 Å². The molecule has 0 bridgehead atoms. The van der Waals surface area contributed by atoms with Gasteiger partial charge in [0, 0.05) is 51.7 Å². The molecule has 4 heteroatoms. The summed E-state index contributed by atoms with van der Waals surface area (Å²) in [6, 6.07) is 5.99. The lowest BCUT2D eigenvalue weighted by Crippen LogP contribution is -2.22. The third-order valence-electron chi connectivity index (χ3n) is 2.34. The van der Waals surface area contributed by atoms with Crippen molar-refractivity contribution in [2.24, 2.45) is 0 Å². The maximum Gasteiger partial charge on any atom is 0.0590 e. The summed E-state index contributed by atoms with van der Waals surface area (Å²) in [6.45, 7) is 4.13. The summed E-state index contributed by atoms with van der Waals surface area (Å²) in [5.74, 6) is 0. The Morgan fingerprint density at radius 3 is 2.88 bits per heavy atom. The highest BCUT2D eigenvalue weighted by atomic mass is 16.5. The summed E-state index contributed by atoms with van der Waals surface area (Å²) < 4.78 is 10.4. The van der Waals surface area contributed by atoms with Gasteiger partial charge in [0.1, 0.15) is 0 Å². The van der Waals surface area contributed by atoms with Gasteiger partial charge in [0.25, 0.3) is 0 Å². The molecule has 0 saturated heterocycles. The highest BCUT2D eigenvalue weighted by Crippen LogP contribution is 1.92. The Bertz CT molecular complexity index is 267. The van der Waals surface area contributed by atoms with Crippen LogP contribution >= 0.6 is 0 Å². The van der Waals surface area contributed by atoms with Crippen molar-refractivity contribution < 1.29 is 9.47 Å². The number of methoxy groups -OCH3 is 1. The fraction of sp³-hybridized carbons (Fsp3) is 0.615. The monoisotopic (exact) mass is 238 g/mol. The van der Waals surface area contributed by atoms with Crippen LogP contribution in [-0.2, 0) is 15.9 Å². The number of nitrogens with zero attached hydrogens (tertiary/aromatic N) is 1. The molecule has 0 radical (unpaired) electrons. The van der Waals surface area contributed by atoms with Crippen molar-refractivity contribution in [1.29, 1.82) is 0 Å². The summed E-state index contributed by atoms with van der Waals surface area (Å²) in [5.41, 5.74) is 1.13. The van der Waals surface area contributed by atoms with E-state index in [1.54, 1.807) is 7.11 Å². The summed E-state index contributed by atoms with van der Waals surface area (Å²) in [6.07, 6.45) is 3.75. The van der Waals surface area contributed by atoms with Crippen LogP contribution in [0.4, 0.5) is 0 Å². The van der Waals surface area contributed by atoms with Gasteiger partial charge in [0.05, 0.1) is 6.61 Å². The van der Waals surface area contributed by atoms with Gasteiger partial charge in [-0.1, -0.05) is 6.07 Å². The molecule has 0 atom stereocenters. The van der Waals surface area contributed by atoms with Crippen LogP contribution in [0, 0.1) is 0 Å². The summed E-state index contributed by atoms with van der Waals surface area (Å²) >= 11 is 0. The molecule has 1 rings (SSSR count). The summed E-state index contributed by atoms with van der Waals surface area (Å²) in [4.78, 5) is 4.26. The number of nitrogens with one attached hydrogen (secondary N) is 1. The lowest BCUT2D eigenvalue weighted by atomic mass is 10.3. The average Bonchev–Trinajstić information content (AvgIpc) is 2.38. The Hall–Kier alpha value is -0.970. The maximum atomic E-state index is 5.43. The molecule has 0 fully saturated rings. The van der Waals surface area contributed by atoms with Crippen LogP contribution in [0.25, 0.3) is 0 Å². The Morgan fingerprint density at radius 1 is 1.18 bits per heavy atom. The van der Waals surface area contributed by atoms with Gasteiger partial charge in [0.2, 0.25) is 0 Å². The Labute approximate surface area is 103 Å². The fourth-order valence-electron chi connectivity index (χ4n) is 1.44. The molecule has 96 valence electrons. The van der Waals surface area contributed by atoms with Gasteiger partial charge >= 0.3 is 0 Å². The topological polar surface area (TPSA) is 43.4 Å². The minimum absolute atomic E-state index is 0.756. The second kappa shape index (κ2) is 10.2. The molecule has 0 aliphatic heterocycles. The number of aromatic nitrogens is 1. The van der Waals surface area contributed by atoms with Crippen LogP contribution in [0.15, 0.2) is 24.4 Å². The quantitative estimate of drug-likeness (QED) is 0.623. The van der Waals surface area contributed by atoms with Crippen molar-refractivity contribution in [2.45, 2.75) is 12.8 Å². The molecule has 17 heavy (non-hydrogen) atoms. The van der Waals surface area contributed by atoms with Gasteiger partial charge in [-0.2, -0.15) is 0 Å². The average molecular weight is 238 g/mol. The van der Waals surface area contributed by atoms with E-state index in [0.29, 0.717) is 0 Å². The van der Waals surface area contributed by atoms with Gasteiger partial charge in [0.15, 0.2) is 0 Å². The second-order valence-electron chi connectivity index (χ2n) is 3.78. The summed E-state index contributed by atoms with van der Waals surface area (Å²) in [7, 11) is 1.71. The van der Waals surface area contributed by atoms with Gasteiger partial charge in [-0.3, -0.25) is 4.98 Å².